The minimum atomic E-state index is -0.350. The largest absolute Gasteiger partial charge is 0.369 e. The molecule has 1 aliphatic rings. The second-order valence-electron chi connectivity index (χ2n) is 6.44. The van der Waals surface area contributed by atoms with Crippen molar-refractivity contribution in [3.63, 3.8) is 0 Å². The molecule has 2 N–H and O–H groups in total. The van der Waals surface area contributed by atoms with Crippen molar-refractivity contribution in [1.82, 2.24) is 14.8 Å². The number of carbonyl (C=O) groups excluding carboxylic acids is 1. The lowest BCUT2D eigenvalue weighted by Crippen LogP contribution is -2.23. The van der Waals surface area contributed by atoms with Crippen LogP contribution in [0.15, 0.2) is 23.9 Å². The van der Waals surface area contributed by atoms with Gasteiger partial charge in [-0.15, -0.1) is 28.1 Å². The number of carbonyl (C=O) groups is 1. The fourth-order valence-corrected chi connectivity index (χ4v) is 5.14. The van der Waals surface area contributed by atoms with Gasteiger partial charge in [0, 0.05) is 11.4 Å². The third-order valence-corrected chi connectivity index (χ3v) is 7.03. The number of aryl methyl sites for hydroxylation is 1. The summed E-state index contributed by atoms with van der Waals surface area (Å²) in [5, 5.41) is 9.06. The quantitative estimate of drug-likeness (QED) is 0.591. The van der Waals surface area contributed by atoms with Crippen LogP contribution in [0.5, 0.6) is 0 Å². The van der Waals surface area contributed by atoms with Crippen LogP contribution in [-0.2, 0) is 24.2 Å². The number of primary amides is 1. The molecule has 2 aromatic heterocycles. The van der Waals surface area contributed by atoms with Crippen molar-refractivity contribution in [2.45, 2.75) is 56.5 Å². The molecule has 5 nitrogen and oxygen atoms in total. The molecule has 0 aliphatic heterocycles. The lowest BCUT2D eigenvalue weighted by Gasteiger charge is -2.19. The van der Waals surface area contributed by atoms with Crippen molar-refractivity contribution < 1.29 is 4.79 Å². The molecule has 134 valence electrons. The maximum Gasteiger partial charge on any atom is 0.230 e. The third-order valence-electron chi connectivity index (χ3n) is 4.69. The first-order chi connectivity index (χ1) is 12.0. The van der Waals surface area contributed by atoms with E-state index in [9.17, 15) is 4.79 Å². The predicted molar refractivity (Wildman–Crippen MR) is 104 cm³/mol. The van der Waals surface area contributed by atoms with Gasteiger partial charge >= 0.3 is 0 Å². The molecule has 1 amide bonds. The summed E-state index contributed by atoms with van der Waals surface area (Å²) in [4.78, 5) is 14.0. The Morgan fingerprint density at radius 3 is 3.08 bits per heavy atom. The number of aromatic nitrogens is 3. The number of amides is 1. The van der Waals surface area contributed by atoms with E-state index in [4.69, 9.17) is 5.73 Å². The molecule has 3 rings (SSSR count). The molecule has 0 spiro atoms. The lowest BCUT2D eigenvalue weighted by molar-refractivity contribution is -0.117. The molecule has 0 radical (unpaired) electrons. The summed E-state index contributed by atoms with van der Waals surface area (Å²) in [5.74, 6) is 1.30. The van der Waals surface area contributed by atoms with E-state index in [0.717, 1.165) is 29.5 Å². The number of fused-ring (bicyclic) bond motifs is 1. The zero-order valence-corrected chi connectivity index (χ0v) is 16.3. The zero-order chi connectivity index (χ0) is 18.0. The van der Waals surface area contributed by atoms with Crippen LogP contribution in [0.3, 0.4) is 0 Å². The number of hydrogen-bond acceptors (Lipinski definition) is 5. The second kappa shape index (κ2) is 7.74. The van der Waals surface area contributed by atoms with Crippen molar-refractivity contribution in [1.29, 1.82) is 0 Å². The Bertz CT molecular complexity index is 780. The highest BCUT2D eigenvalue weighted by atomic mass is 32.2. The molecule has 1 aliphatic carbocycles. The van der Waals surface area contributed by atoms with Gasteiger partial charge in [-0.05, 0) is 43.7 Å². The SMILES string of the molecule is C=CCn1c(S[C@H](C)C(N)=O)nnc1-c1cc2c(s1)CC[C@H](CC)C2. The van der Waals surface area contributed by atoms with Crippen molar-refractivity contribution >= 4 is 29.0 Å². The minimum absolute atomic E-state index is 0.345. The number of thiophene rings is 1. The molecule has 0 saturated carbocycles. The number of hydrogen-bond donors (Lipinski definition) is 1. The molecule has 0 saturated heterocycles. The van der Waals surface area contributed by atoms with Gasteiger partial charge in [0.2, 0.25) is 5.91 Å². The van der Waals surface area contributed by atoms with Crippen molar-refractivity contribution in [2.75, 3.05) is 0 Å². The highest BCUT2D eigenvalue weighted by Crippen LogP contribution is 2.38. The maximum absolute atomic E-state index is 11.4. The van der Waals surface area contributed by atoms with Gasteiger partial charge < -0.3 is 5.73 Å². The molecule has 2 aromatic rings. The number of thioether (sulfide) groups is 1. The Hall–Kier alpha value is -1.60. The molecule has 0 unspecified atom stereocenters. The summed E-state index contributed by atoms with van der Waals surface area (Å²) in [5.41, 5.74) is 6.85. The Morgan fingerprint density at radius 1 is 1.60 bits per heavy atom. The van der Waals surface area contributed by atoms with E-state index in [1.807, 2.05) is 22.0 Å². The van der Waals surface area contributed by atoms with Gasteiger partial charge in [0.15, 0.2) is 11.0 Å². The predicted octanol–water partition coefficient (Wildman–Crippen LogP) is 3.67. The highest BCUT2D eigenvalue weighted by Gasteiger charge is 2.24. The summed E-state index contributed by atoms with van der Waals surface area (Å²) in [7, 11) is 0. The maximum atomic E-state index is 11.4. The molecule has 0 fully saturated rings. The standard InChI is InChI=1S/C18H24N4OS2/c1-4-8-22-17(20-21-18(22)24-11(3)16(19)23)15-10-13-9-12(5-2)6-7-14(13)25-15/h4,10-12H,1,5-9H2,2-3H3,(H2,19,23)/t11-,12+/m1/s1. The Morgan fingerprint density at radius 2 is 2.40 bits per heavy atom. The molecule has 0 aromatic carbocycles. The first-order valence-electron chi connectivity index (χ1n) is 8.65. The first kappa shape index (κ1) is 18.2. The van der Waals surface area contributed by atoms with Crippen molar-refractivity contribution in [2.24, 2.45) is 11.7 Å². The van der Waals surface area contributed by atoms with Gasteiger partial charge in [-0.1, -0.05) is 31.2 Å². The molecule has 2 atom stereocenters. The van der Waals surface area contributed by atoms with E-state index in [2.05, 4.69) is 29.8 Å². The van der Waals surface area contributed by atoms with Gasteiger partial charge in [-0.2, -0.15) is 0 Å². The third kappa shape index (κ3) is 3.82. The number of nitrogens with two attached hydrogens (primary N) is 1. The van der Waals surface area contributed by atoms with E-state index in [-0.39, 0.29) is 11.2 Å². The van der Waals surface area contributed by atoms with Crippen LogP contribution in [-0.4, -0.2) is 25.9 Å². The Balaban J connectivity index is 1.92. The molecule has 7 heteroatoms. The van der Waals surface area contributed by atoms with E-state index in [1.165, 1.54) is 35.0 Å². The van der Waals surface area contributed by atoms with Crippen molar-refractivity contribution in [3.05, 3.63) is 29.2 Å². The number of rotatable bonds is 7. The van der Waals surface area contributed by atoms with Gasteiger partial charge in [0.25, 0.3) is 0 Å². The molecule has 2 heterocycles. The van der Waals surface area contributed by atoms with Crippen molar-refractivity contribution in [3.8, 4) is 10.7 Å². The average molecular weight is 377 g/mol. The lowest BCUT2D eigenvalue weighted by atomic mass is 9.87. The Kier molecular flexibility index (Phi) is 5.64. The van der Waals surface area contributed by atoms with Crippen LogP contribution in [0.25, 0.3) is 10.7 Å². The summed E-state index contributed by atoms with van der Waals surface area (Å²) in [6.07, 6.45) is 6.67. The molecule has 0 bridgehead atoms. The fourth-order valence-electron chi connectivity index (χ4n) is 3.13. The smallest absolute Gasteiger partial charge is 0.230 e. The van der Waals surface area contributed by atoms with Crippen LogP contribution < -0.4 is 5.73 Å². The minimum Gasteiger partial charge on any atom is -0.369 e. The van der Waals surface area contributed by atoms with Gasteiger partial charge in [-0.25, -0.2) is 0 Å². The van der Waals surface area contributed by atoms with Crippen LogP contribution >= 0.6 is 23.1 Å². The van der Waals surface area contributed by atoms with E-state index in [0.29, 0.717) is 11.7 Å². The topological polar surface area (TPSA) is 73.8 Å². The summed E-state index contributed by atoms with van der Waals surface area (Å²) < 4.78 is 2.02. The second-order valence-corrected chi connectivity index (χ2v) is 8.89. The van der Waals surface area contributed by atoms with Gasteiger partial charge in [0.05, 0.1) is 10.1 Å². The number of allylic oxidation sites excluding steroid dienone is 1. The normalized spacial score (nSPS) is 17.9. The van der Waals surface area contributed by atoms with Crippen LogP contribution in [0.1, 0.15) is 37.1 Å². The number of nitrogens with zero attached hydrogens (tertiary/aromatic N) is 3. The highest BCUT2D eigenvalue weighted by molar-refractivity contribution is 8.00. The molecular weight excluding hydrogens is 352 g/mol. The molecule has 25 heavy (non-hydrogen) atoms. The first-order valence-corrected chi connectivity index (χ1v) is 10.3. The fraction of sp³-hybridized carbons (Fsp3) is 0.500. The summed E-state index contributed by atoms with van der Waals surface area (Å²) in [6, 6.07) is 2.28. The monoisotopic (exact) mass is 376 g/mol. The van der Waals surface area contributed by atoms with E-state index in [1.54, 1.807) is 6.92 Å². The van der Waals surface area contributed by atoms with Crippen LogP contribution in [0.2, 0.25) is 0 Å². The van der Waals surface area contributed by atoms with Gasteiger partial charge in [-0.3, -0.25) is 9.36 Å². The van der Waals surface area contributed by atoms with E-state index >= 15 is 0 Å². The summed E-state index contributed by atoms with van der Waals surface area (Å²) >= 11 is 3.17. The van der Waals surface area contributed by atoms with Crippen LogP contribution in [0.4, 0.5) is 0 Å². The zero-order valence-electron chi connectivity index (χ0n) is 14.7. The Labute approximate surface area is 156 Å². The summed E-state index contributed by atoms with van der Waals surface area (Å²) in [6.45, 7) is 8.50. The van der Waals surface area contributed by atoms with Crippen LogP contribution in [0, 0.1) is 5.92 Å². The van der Waals surface area contributed by atoms with Gasteiger partial charge in [0.1, 0.15) is 0 Å². The van der Waals surface area contributed by atoms with E-state index < -0.39 is 0 Å². The average Bonchev–Trinajstić information content (AvgIpc) is 3.18. The molecular formula is C18H24N4OS2.